The Kier molecular flexibility index (Phi) is 18.1. The quantitative estimate of drug-likeness (QED) is 0.172. The highest BCUT2D eigenvalue weighted by Crippen LogP contribution is 2.37. The van der Waals surface area contributed by atoms with Crippen molar-refractivity contribution in [2.45, 2.75) is 97.7 Å². The van der Waals surface area contributed by atoms with Crippen molar-refractivity contribution < 1.29 is 85.7 Å². The first-order chi connectivity index (χ1) is 28.5. The first-order valence-corrected chi connectivity index (χ1v) is 18.4. The Labute approximate surface area is 351 Å². The molecule has 0 aromatic heterocycles. The highest BCUT2D eigenvalue weighted by molar-refractivity contribution is 5.91. The normalized spacial score (nSPS) is 23.5. The number of hydrogen-bond acceptors (Lipinski definition) is 18. The van der Waals surface area contributed by atoms with E-state index in [0.717, 1.165) is 27.7 Å². The van der Waals surface area contributed by atoms with E-state index in [2.05, 4.69) is 0 Å². The van der Waals surface area contributed by atoms with Crippen molar-refractivity contribution in [3.63, 3.8) is 0 Å². The molecule has 0 aliphatic carbocycles. The Morgan fingerprint density at radius 1 is 0.492 bits per heavy atom. The maximum atomic E-state index is 12.9. The zero-order valence-electron chi connectivity index (χ0n) is 33.5. The summed E-state index contributed by atoms with van der Waals surface area (Å²) in [6.45, 7) is 6.57. The van der Waals surface area contributed by atoms with E-state index in [1.165, 1.54) is 13.8 Å². The molecule has 2 heterocycles. The molecule has 2 unspecified atom stereocenters. The van der Waals surface area contributed by atoms with Crippen LogP contribution in [0.25, 0.3) is 0 Å². The van der Waals surface area contributed by atoms with Crippen LogP contribution in [0.1, 0.15) is 80.0 Å². The molecular weight excluding hydrogens is 804 g/mol. The van der Waals surface area contributed by atoms with Gasteiger partial charge < -0.3 is 47.4 Å². The summed E-state index contributed by atoms with van der Waals surface area (Å²) in [6.07, 6.45) is -8.35. The predicted octanol–water partition coefficient (Wildman–Crippen LogP) is 4.31. The van der Waals surface area contributed by atoms with Crippen LogP contribution in [0.2, 0.25) is 0 Å². The molecule has 5 rings (SSSR count). The SMILES string of the molecule is C.CC(=O)OC[C@H]1O[C@](C)(OC(C)=O)C(OC(C)=O)[C@H]1OC(C)=O.CC(=O)O[C@H]1O[C@H](COC(=O)c2ccccc2)[C@@H](OC(=O)c2ccccc2)C1OC(=O)c1ccccc1. The first kappa shape index (κ1) is 48.7. The van der Waals surface area contributed by atoms with E-state index < -0.39 is 96.5 Å². The van der Waals surface area contributed by atoms with Gasteiger partial charge in [0.1, 0.15) is 25.4 Å². The Morgan fingerprint density at radius 2 is 0.934 bits per heavy atom. The molecule has 18 heteroatoms. The van der Waals surface area contributed by atoms with Gasteiger partial charge in [0.05, 0.1) is 16.7 Å². The molecule has 18 nitrogen and oxygen atoms in total. The molecule has 0 amide bonds. The lowest BCUT2D eigenvalue weighted by Gasteiger charge is -2.29. The maximum Gasteiger partial charge on any atom is 0.338 e. The van der Waals surface area contributed by atoms with Crippen molar-refractivity contribution in [1.82, 2.24) is 0 Å². The first-order valence-electron chi connectivity index (χ1n) is 18.4. The minimum Gasteiger partial charge on any atom is -0.463 e. The molecule has 2 aliphatic rings. The zero-order chi connectivity index (χ0) is 44.0. The molecule has 0 spiro atoms. The molecule has 8 atom stereocenters. The molecule has 3 aromatic carbocycles. The van der Waals surface area contributed by atoms with Gasteiger partial charge in [-0.15, -0.1) is 0 Å². The summed E-state index contributed by atoms with van der Waals surface area (Å²) in [5.74, 6) is -7.07. The van der Waals surface area contributed by atoms with Crippen LogP contribution >= 0.6 is 0 Å². The van der Waals surface area contributed by atoms with Gasteiger partial charge in [0.15, 0.2) is 12.2 Å². The van der Waals surface area contributed by atoms with Crippen molar-refractivity contribution in [2.24, 2.45) is 0 Å². The zero-order valence-corrected chi connectivity index (χ0v) is 33.5. The van der Waals surface area contributed by atoms with Gasteiger partial charge in [-0.25, -0.2) is 14.4 Å². The van der Waals surface area contributed by atoms with E-state index in [1.807, 2.05) is 0 Å². The molecule has 0 bridgehead atoms. The molecule has 3 aromatic rings. The molecule has 328 valence electrons. The van der Waals surface area contributed by atoms with Gasteiger partial charge in [-0.05, 0) is 36.4 Å². The van der Waals surface area contributed by atoms with E-state index in [0.29, 0.717) is 5.56 Å². The third-order valence-corrected chi connectivity index (χ3v) is 8.40. The summed E-state index contributed by atoms with van der Waals surface area (Å²) in [7, 11) is 0. The van der Waals surface area contributed by atoms with Gasteiger partial charge in [-0.2, -0.15) is 0 Å². The minimum absolute atomic E-state index is 0. The average Bonchev–Trinajstić information content (AvgIpc) is 3.63. The number of benzene rings is 3. The van der Waals surface area contributed by atoms with Crippen LogP contribution < -0.4 is 0 Å². The Balaban J connectivity index is 0.000000358. The summed E-state index contributed by atoms with van der Waals surface area (Å²) in [6, 6.07) is 24.6. The second-order valence-corrected chi connectivity index (χ2v) is 13.3. The summed E-state index contributed by atoms with van der Waals surface area (Å²) in [4.78, 5) is 94.9. The monoisotopic (exact) mass is 852 g/mol. The van der Waals surface area contributed by atoms with Gasteiger partial charge in [-0.1, -0.05) is 62.0 Å². The third kappa shape index (κ3) is 14.2. The van der Waals surface area contributed by atoms with Crippen molar-refractivity contribution >= 4 is 47.8 Å². The summed E-state index contributed by atoms with van der Waals surface area (Å²) in [5, 5.41) is 0. The van der Waals surface area contributed by atoms with E-state index in [-0.39, 0.29) is 31.8 Å². The highest BCUT2D eigenvalue weighted by atomic mass is 16.8. The largest absolute Gasteiger partial charge is 0.463 e. The van der Waals surface area contributed by atoms with E-state index in [1.54, 1.807) is 91.0 Å². The standard InChI is InChI=1S/C28H24O9.C14H20O9.CH4/c1-18(29)34-28-24(37-27(32)21-15-9-4-10-16-21)23(36-26(31)20-13-7-3-8-14-20)22(35-28)17-33-25(30)19-11-5-2-6-12-19;1-7(15)19-6-11-12(20-8(2)16)13(21-9(3)17)14(5,23-11)22-10(4)18;/h2-16,22-24,28H,17H2,1H3;11-13H,6H2,1-5H3;1H4/t22-,23-,24?,28+;11-,12+,13?,14+;/m11./s1. The lowest BCUT2D eigenvalue weighted by molar-refractivity contribution is -0.246. The van der Waals surface area contributed by atoms with Gasteiger partial charge in [-0.3, -0.25) is 24.0 Å². The number of rotatable bonds is 13. The van der Waals surface area contributed by atoms with Crippen LogP contribution in [-0.2, 0) is 71.3 Å². The van der Waals surface area contributed by atoms with Crippen LogP contribution in [0, 0.1) is 0 Å². The molecule has 0 radical (unpaired) electrons. The van der Waals surface area contributed by atoms with E-state index in [4.69, 9.17) is 47.4 Å². The lowest BCUT2D eigenvalue weighted by atomic mass is 10.1. The maximum absolute atomic E-state index is 12.9. The molecular formula is C43H48O18. The molecule has 0 N–H and O–H groups in total. The molecule has 2 fully saturated rings. The molecule has 2 saturated heterocycles. The summed E-state index contributed by atoms with van der Waals surface area (Å²) in [5.41, 5.74) is 0.782. The van der Waals surface area contributed by atoms with Crippen LogP contribution in [0.4, 0.5) is 0 Å². The average molecular weight is 853 g/mol. The fraction of sp³-hybridized carbons (Fsp3) is 0.395. The Bertz CT molecular complexity index is 1990. The van der Waals surface area contributed by atoms with Gasteiger partial charge >= 0.3 is 47.8 Å². The van der Waals surface area contributed by atoms with Crippen LogP contribution in [0.5, 0.6) is 0 Å². The van der Waals surface area contributed by atoms with E-state index >= 15 is 0 Å². The second-order valence-electron chi connectivity index (χ2n) is 13.3. The number of carbonyl (C=O) groups is 8. The number of carbonyl (C=O) groups excluding carboxylic acids is 8. The smallest absolute Gasteiger partial charge is 0.338 e. The van der Waals surface area contributed by atoms with Gasteiger partial charge in [0.25, 0.3) is 5.79 Å². The fourth-order valence-corrected chi connectivity index (χ4v) is 6.00. The topological polar surface area (TPSA) is 229 Å². The minimum atomic E-state index is -1.68. The van der Waals surface area contributed by atoms with Gasteiger partial charge in [0, 0.05) is 41.5 Å². The van der Waals surface area contributed by atoms with Crippen molar-refractivity contribution in [3.05, 3.63) is 108 Å². The Morgan fingerprint density at radius 3 is 1.38 bits per heavy atom. The number of ether oxygens (including phenoxy) is 10. The summed E-state index contributed by atoms with van der Waals surface area (Å²) >= 11 is 0. The summed E-state index contributed by atoms with van der Waals surface area (Å²) < 4.78 is 53.5. The number of esters is 8. The fourth-order valence-electron chi connectivity index (χ4n) is 6.00. The van der Waals surface area contributed by atoms with Gasteiger partial charge in [0.2, 0.25) is 18.5 Å². The van der Waals surface area contributed by atoms with Crippen molar-refractivity contribution in [1.29, 1.82) is 0 Å². The predicted molar refractivity (Wildman–Crippen MR) is 208 cm³/mol. The lowest BCUT2D eigenvalue weighted by Crippen LogP contribution is -2.48. The van der Waals surface area contributed by atoms with Crippen molar-refractivity contribution in [2.75, 3.05) is 13.2 Å². The highest BCUT2D eigenvalue weighted by Gasteiger charge is 2.59. The van der Waals surface area contributed by atoms with Crippen LogP contribution in [0.3, 0.4) is 0 Å². The van der Waals surface area contributed by atoms with E-state index in [9.17, 15) is 38.4 Å². The van der Waals surface area contributed by atoms with Crippen LogP contribution in [0.15, 0.2) is 91.0 Å². The third-order valence-electron chi connectivity index (χ3n) is 8.40. The Hall–Kier alpha value is -6.66. The molecule has 0 saturated carbocycles. The molecule has 2 aliphatic heterocycles. The molecule has 61 heavy (non-hydrogen) atoms. The van der Waals surface area contributed by atoms with Crippen molar-refractivity contribution in [3.8, 4) is 0 Å². The van der Waals surface area contributed by atoms with Crippen LogP contribution in [-0.4, -0.2) is 110 Å². The number of hydrogen-bond donors (Lipinski definition) is 0. The second kappa shape index (κ2) is 22.6.